The predicted octanol–water partition coefficient (Wildman–Crippen LogP) is 2.92. The van der Waals surface area contributed by atoms with Gasteiger partial charge in [0.05, 0.1) is 15.4 Å². The molecule has 0 aliphatic rings. The maximum Gasteiger partial charge on any atom is 0.335 e. The van der Waals surface area contributed by atoms with Crippen molar-refractivity contribution in [1.29, 1.82) is 0 Å². The van der Waals surface area contributed by atoms with Crippen molar-refractivity contribution in [2.45, 2.75) is 6.92 Å². The summed E-state index contributed by atoms with van der Waals surface area (Å²) in [6.45, 7) is 1.72. The number of nitrogens with zero attached hydrogens (tertiary/aromatic N) is 1. The monoisotopic (exact) mass is 306 g/mol. The van der Waals surface area contributed by atoms with E-state index in [-0.39, 0.29) is 15.4 Å². The molecule has 7 nitrogen and oxygen atoms in total. The van der Waals surface area contributed by atoms with Gasteiger partial charge in [0.1, 0.15) is 0 Å². The number of anilines is 1. The average molecular weight is 306 g/mol. The number of carbonyl (C=O) groups excluding carboxylic acids is 1. The summed E-state index contributed by atoms with van der Waals surface area (Å²) in [6.07, 6.45) is 0. The van der Waals surface area contributed by atoms with E-state index in [0.717, 1.165) is 11.3 Å². The molecular weight excluding hydrogens is 296 g/mol. The number of hydrogen-bond acceptors (Lipinski definition) is 5. The van der Waals surface area contributed by atoms with Gasteiger partial charge in [-0.3, -0.25) is 14.9 Å². The van der Waals surface area contributed by atoms with Crippen molar-refractivity contribution < 1.29 is 19.6 Å². The Morgan fingerprint density at radius 3 is 2.57 bits per heavy atom. The molecule has 0 fully saturated rings. The number of hydrogen-bond donors (Lipinski definition) is 2. The van der Waals surface area contributed by atoms with Crippen LogP contribution in [-0.4, -0.2) is 21.9 Å². The van der Waals surface area contributed by atoms with E-state index in [1.54, 1.807) is 13.0 Å². The number of nitro groups is 1. The molecule has 0 aliphatic heterocycles. The second kappa shape index (κ2) is 5.71. The Bertz CT molecular complexity index is 738. The topological polar surface area (TPSA) is 110 Å². The zero-order valence-electron chi connectivity index (χ0n) is 10.8. The summed E-state index contributed by atoms with van der Waals surface area (Å²) < 4.78 is 0. The Morgan fingerprint density at radius 1 is 1.29 bits per heavy atom. The van der Waals surface area contributed by atoms with Crippen LogP contribution in [0.25, 0.3) is 0 Å². The molecule has 108 valence electrons. The zero-order chi connectivity index (χ0) is 15.6. The third-order valence-corrected chi connectivity index (χ3v) is 3.76. The summed E-state index contributed by atoms with van der Waals surface area (Å²) in [5, 5.41) is 21.9. The number of carbonyl (C=O) groups is 2. The average Bonchev–Trinajstić information content (AvgIpc) is 2.90. The van der Waals surface area contributed by atoms with E-state index < -0.39 is 16.8 Å². The van der Waals surface area contributed by atoms with Crippen LogP contribution in [0.15, 0.2) is 30.3 Å². The molecule has 0 atom stereocenters. The van der Waals surface area contributed by atoms with E-state index in [0.29, 0.717) is 11.3 Å². The fraction of sp³-hybridized carbons (Fsp3) is 0.0769. The lowest BCUT2D eigenvalue weighted by atomic mass is 10.1. The second-order valence-electron chi connectivity index (χ2n) is 4.18. The number of carboxylic acids is 1. The molecule has 21 heavy (non-hydrogen) atoms. The first kappa shape index (κ1) is 14.7. The molecule has 2 rings (SSSR count). The molecule has 0 saturated carbocycles. The van der Waals surface area contributed by atoms with E-state index in [1.807, 2.05) is 0 Å². The van der Waals surface area contributed by atoms with Crippen molar-refractivity contribution in [3.05, 3.63) is 56.5 Å². The first-order chi connectivity index (χ1) is 9.88. The quantitative estimate of drug-likeness (QED) is 0.666. The van der Waals surface area contributed by atoms with Crippen LogP contribution in [0.4, 0.5) is 10.7 Å². The van der Waals surface area contributed by atoms with Crippen LogP contribution in [0.5, 0.6) is 0 Å². The first-order valence-electron chi connectivity index (χ1n) is 5.78. The number of aryl methyl sites for hydroxylation is 1. The molecule has 1 aromatic carbocycles. The molecule has 2 N–H and O–H groups in total. The Hall–Kier alpha value is -2.74. The molecule has 1 heterocycles. The molecule has 0 bridgehead atoms. The highest BCUT2D eigenvalue weighted by Gasteiger charge is 2.16. The Balaban J connectivity index is 2.24. The predicted molar refractivity (Wildman–Crippen MR) is 77.1 cm³/mol. The van der Waals surface area contributed by atoms with Gasteiger partial charge in [-0.25, -0.2) is 4.79 Å². The number of thiophene rings is 1. The highest BCUT2D eigenvalue weighted by molar-refractivity contribution is 7.17. The van der Waals surface area contributed by atoms with Crippen LogP contribution in [-0.2, 0) is 0 Å². The highest BCUT2D eigenvalue weighted by Crippen LogP contribution is 2.25. The standard InChI is InChI=1S/C13H10N2O5S/c1-7-2-3-8(13(17)18)6-9(7)14-12(16)10-4-5-11(21-10)15(19)20/h2-6H,1H3,(H,14,16)(H,17,18). The number of amides is 1. The fourth-order valence-corrected chi connectivity index (χ4v) is 2.34. The number of aromatic carboxylic acids is 1. The molecule has 0 aliphatic carbocycles. The second-order valence-corrected chi connectivity index (χ2v) is 5.25. The molecule has 0 radical (unpaired) electrons. The minimum Gasteiger partial charge on any atom is -0.478 e. The molecule has 0 spiro atoms. The molecule has 2 aromatic rings. The van der Waals surface area contributed by atoms with Crippen LogP contribution in [0.3, 0.4) is 0 Å². The van der Waals surface area contributed by atoms with Gasteiger partial charge in [0.15, 0.2) is 0 Å². The number of nitrogens with one attached hydrogen (secondary N) is 1. The Kier molecular flexibility index (Phi) is 3.99. The summed E-state index contributed by atoms with van der Waals surface area (Å²) in [4.78, 5) is 33.1. The van der Waals surface area contributed by atoms with Gasteiger partial charge in [0.25, 0.3) is 5.91 Å². The van der Waals surface area contributed by atoms with Crippen molar-refractivity contribution >= 4 is 33.9 Å². The maximum absolute atomic E-state index is 12.0. The molecular formula is C13H10N2O5S. The smallest absolute Gasteiger partial charge is 0.335 e. The Morgan fingerprint density at radius 2 is 2.00 bits per heavy atom. The molecule has 1 amide bonds. The summed E-state index contributed by atoms with van der Waals surface area (Å²) in [7, 11) is 0. The van der Waals surface area contributed by atoms with Crippen LogP contribution in [0, 0.1) is 17.0 Å². The van der Waals surface area contributed by atoms with Crippen LogP contribution in [0.2, 0.25) is 0 Å². The van der Waals surface area contributed by atoms with Crippen LogP contribution >= 0.6 is 11.3 Å². The van der Waals surface area contributed by atoms with E-state index in [1.165, 1.54) is 24.3 Å². The SMILES string of the molecule is Cc1ccc(C(=O)O)cc1NC(=O)c1ccc([N+](=O)[O-])s1. The van der Waals surface area contributed by atoms with Crippen molar-refractivity contribution in [2.24, 2.45) is 0 Å². The van der Waals surface area contributed by atoms with Gasteiger partial charge in [-0.05, 0) is 30.7 Å². The van der Waals surface area contributed by atoms with Crippen LogP contribution in [0.1, 0.15) is 25.6 Å². The molecule has 1 aromatic heterocycles. The van der Waals surface area contributed by atoms with Gasteiger partial charge >= 0.3 is 11.0 Å². The van der Waals surface area contributed by atoms with Gasteiger partial charge in [-0.15, -0.1) is 0 Å². The largest absolute Gasteiger partial charge is 0.478 e. The maximum atomic E-state index is 12.0. The third-order valence-electron chi connectivity index (χ3n) is 2.73. The molecule has 0 unspecified atom stereocenters. The third kappa shape index (κ3) is 3.23. The molecule has 8 heteroatoms. The minimum atomic E-state index is -1.10. The molecule has 0 saturated heterocycles. The van der Waals surface area contributed by atoms with Crippen LogP contribution < -0.4 is 5.32 Å². The van der Waals surface area contributed by atoms with Crippen molar-refractivity contribution in [3.8, 4) is 0 Å². The summed E-state index contributed by atoms with van der Waals surface area (Å²) in [5.41, 5.74) is 1.10. The first-order valence-corrected chi connectivity index (χ1v) is 6.59. The van der Waals surface area contributed by atoms with E-state index in [4.69, 9.17) is 5.11 Å². The Labute approximate surface area is 123 Å². The minimum absolute atomic E-state index is 0.0491. The summed E-state index contributed by atoms with van der Waals surface area (Å²) >= 11 is 0.757. The van der Waals surface area contributed by atoms with E-state index >= 15 is 0 Å². The lowest BCUT2D eigenvalue weighted by Gasteiger charge is -2.08. The van der Waals surface area contributed by atoms with Gasteiger partial charge in [-0.1, -0.05) is 17.4 Å². The lowest BCUT2D eigenvalue weighted by molar-refractivity contribution is -0.380. The van der Waals surface area contributed by atoms with Gasteiger partial charge < -0.3 is 10.4 Å². The highest BCUT2D eigenvalue weighted by atomic mass is 32.1. The number of rotatable bonds is 4. The van der Waals surface area contributed by atoms with Gasteiger partial charge in [0, 0.05) is 11.8 Å². The van der Waals surface area contributed by atoms with E-state index in [2.05, 4.69) is 5.32 Å². The van der Waals surface area contributed by atoms with E-state index in [9.17, 15) is 19.7 Å². The fourth-order valence-electron chi connectivity index (χ4n) is 1.62. The van der Waals surface area contributed by atoms with Gasteiger partial charge in [0.2, 0.25) is 0 Å². The summed E-state index contributed by atoms with van der Waals surface area (Å²) in [5.74, 6) is -1.61. The van der Waals surface area contributed by atoms with Crippen molar-refractivity contribution in [1.82, 2.24) is 0 Å². The normalized spacial score (nSPS) is 10.1. The van der Waals surface area contributed by atoms with Gasteiger partial charge in [-0.2, -0.15) is 0 Å². The van der Waals surface area contributed by atoms with Crippen molar-refractivity contribution in [2.75, 3.05) is 5.32 Å². The van der Waals surface area contributed by atoms with Crippen molar-refractivity contribution in [3.63, 3.8) is 0 Å². The summed E-state index contributed by atoms with van der Waals surface area (Å²) in [6, 6.07) is 6.96. The number of carboxylic acid groups (broad SMARTS) is 1. The zero-order valence-corrected chi connectivity index (χ0v) is 11.6. The number of benzene rings is 1. The lowest BCUT2D eigenvalue weighted by Crippen LogP contribution is -2.12.